The van der Waals surface area contributed by atoms with Crippen molar-refractivity contribution < 1.29 is 14.7 Å². The molecule has 0 bridgehead atoms. The van der Waals surface area contributed by atoms with E-state index in [4.69, 9.17) is 5.11 Å². The van der Waals surface area contributed by atoms with Crippen LogP contribution in [0.15, 0.2) is 0 Å². The molecule has 1 amide bonds. The maximum atomic E-state index is 12.3. The fourth-order valence-electron chi connectivity index (χ4n) is 3.19. The third kappa shape index (κ3) is 2.79. The molecule has 3 atom stereocenters. The van der Waals surface area contributed by atoms with E-state index in [1.54, 1.807) is 0 Å². The van der Waals surface area contributed by atoms with Crippen LogP contribution in [0.1, 0.15) is 39.0 Å². The number of likely N-dealkylation sites (tertiary alicyclic amines) is 1. The van der Waals surface area contributed by atoms with Crippen molar-refractivity contribution in [2.75, 3.05) is 13.1 Å². The number of hydrogen-bond donors (Lipinski definition) is 1. The van der Waals surface area contributed by atoms with Gasteiger partial charge in [-0.3, -0.25) is 9.59 Å². The Morgan fingerprint density at radius 2 is 2.06 bits per heavy atom. The summed E-state index contributed by atoms with van der Waals surface area (Å²) in [6, 6.07) is 0. The first kappa shape index (κ1) is 12.4. The molecule has 0 spiro atoms. The van der Waals surface area contributed by atoms with Gasteiger partial charge in [-0.2, -0.15) is 0 Å². The lowest BCUT2D eigenvalue weighted by molar-refractivity contribution is -0.139. The maximum absolute atomic E-state index is 12.3. The van der Waals surface area contributed by atoms with Gasteiger partial charge in [0.25, 0.3) is 0 Å². The van der Waals surface area contributed by atoms with E-state index in [9.17, 15) is 9.59 Å². The van der Waals surface area contributed by atoms with Crippen LogP contribution >= 0.6 is 0 Å². The van der Waals surface area contributed by atoms with Gasteiger partial charge in [0.05, 0.1) is 0 Å². The highest BCUT2D eigenvalue weighted by atomic mass is 16.4. The minimum Gasteiger partial charge on any atom is -0.481 e. The van der Waals surface area contributed by atoms with E-state index in [2.05, 4.69) is 6.92 Å². The van der Waals surface area contributed by atoms with Gasteiger partial charge in [-0.1, -0.05) is 13.3 Å². The van der Waals surface area contributed by atoms with Crippen LogP contribution in [0.3, 0.4) is 0 Å². The zero-order valence-electron chi connectivity index (χ0n) is 10.4. The summed E-state index contributed by atoms with van der Waals surface area (Å²) in [5, 5.41) is 8.75. The highest BCUT2D eigenvalue weighted by Crippen LogP contribution is 2.34. The molecular weight excluding hydrogens is 218 g/mol. The van der Waals surface area contributed by atoms with Crippen molar-refractivity contribution in [3.63, 3.8) is 0 Å². The number of rotatable bonds is 3. The number of amides is 1. The van der Waals surface area contributed by atoms with Gasteiger partial charge in [0.15, 0.2) is 0 Å². The molecule has 2 fully saturated rings. The molecule has 1 aliphatic carbocycles. The standard InChI is InChI=1S/C13H21NO3/c1-9-3-2-4-11(9)13(17)14-6-5-10(8-14)7-12(15)16/h9-11H,2-8H2,1H3,(H,15,16). The fourth-order valence-corrected chi connectivity index (χ4v) is 3.19. The Kier molecular flexibility index (Phi) is 3.69. The molecule has 1 N–H and O–H groups in total. The van der Waals surface area contributed by atoms with Crippen LogP contribution in [-0.2, 0) is 9.59 Å². The van der Waals surface area contributed by atoms with Crippen molar-refractivity contribution in [1.82, 2.24) is 4.90 Å². The molecule has 0 aromatic heterocycles. The average molecular weight is 239 g/mol. The molecule has 4 heteroatoms. The van der Waals surface area contributed by atoms with E-state index in [0.717, 1.165) is 32.2 Å². The lowest BCUT2D eigenvalue weighted by atomic mass is 9.97. The third-order valence-electron chi connectivity index (χ3n) is 4.24. The quantitative estimate of drug-likeness (QED) is 0.816. The second kappa shape index (κ2) is 5.07. The Morgan fingerprint density at radius 3 is 2.65 bits per heavy atom. The molecule has 1 saturated carbocycles. The van der Waals surface area contributed by atoms with E-state index in [-0.39, 0.29) is 24.2 Å². The molecule has 17 heavy (non-hydrogen) atoms. The summed E-state index contributed by atoms with van der Waals surface area (Å²) in [6.45, 7) is 3.55. The molecular formula is C13H21NO3. The average Bonchev–Trinajstić information content (AvgIpc) is 2.85. The predicted octanol–water partition coefficient (Wildman–Crippen LogP) is 1.75. The van der Waals surface area contributed by atoms with Crippen LogP contribution in [0.4, 0.5) is 0 Å². The van der Waals surface area contributed by atoms with Crippen molar-refractivity contribution in [3.8, 4) is 0 Å². The monoisotopic (exact) mass is 239 g/mol. The SMILES string of the molecule is CC1CCCC1C(=O)N1CCC(CC(=O)O)C1. The molecule has 1 heterocycles. The van der Waals surface area contributed by atoms with Crippen LogP contribution < -0.4 is 0 Å². The fraction of sp³-hybridized carbons (Fsp3) is 0.846. The summed E-state index contributed by atoms with van der Waals surface area (Å²) in [5.74, 6) is 0.370. The highest BCUT2D eigenvalue weighted by Gasteiger charge is 2.36. The normalized spacial score (nSPS) is 33.0. The van der Waals surface area contributed by atoms with Crippen LogP contribution in [0.2, 0.25) is 0 Å². The summed E-state index contributed by atoms with van der Waals surface area (Å²) >= 11 is 0. The van der Waals surface area contributed by atoms with Gasteiger partial charge in [0, 0.05) is 25.4 Å². The lowest BCUT2D eigenvalue weighted by Crippen LogP contribution is -2.35. The molecule has 2 aliphatic rings. The lowest BCUT2D eigenvalue weighted by Gasteiger charge is -2.23. The van der Waals surface area contributed by atoms with Gasteiger partial charge < -0.3 is 10.0 Å². The van der Waals surface area contributed by atoms with E-state index >= 15 is 0 Å². The van der Waals surface area contributed by atoms with Gasteiger partial charge in [-0.05, 0) is 31.1 Å². The van der Waals surface area contributed by atoms with Gasteiger partial charge in [-0.25, -0.2) is 0 Å². The second-order valence-electron chi connectivity index (χ2n) is 5.55. The maximum Gasteiger partial charge on any atom is 0.303 e. The molecule has 2 rings (SSSR count). The minimum atomic E-state index is -0.751. The Bertz CT molecular complexity index is 316. The Balaban J connectivity index is 1.87. The van der Waals surface area contributed by atoms with E-state index < -0.39 is 5.97 Å². The van der Waals surface area contributed by atoms with Crippen molar-refractivity contribution >= 4 is 11.9 Å². The van der Waals surface area contributed by atoms with Crippen LogP contribution in [0.25, 0.3) is 0 Å². The molecule has 0 aromatic carbocycles. The highest BCUT2D eigenvalue weighted by molar-refractivity contribution is 5.79. The number of carboxylic acids is 1. The Labute approximate surface area is 102 Å². The largest absolute Gasteiger partial charge is 0.481 e. The van der Waals surface area contributed by atoms with E-state index in [0.29, 0.717) is 12.5 Å². The van der Waals surface area contributed by atoms with Crippen LogP contribution in [-0.4, -0.2) is 35.0 Å². The Hall–Kier alpha value is -1.06. The van der Waals surface area contributed by atoms with Gasteiger partial charge in [-0.15, -0.1) is 0 Å². The molecule has 1 saturated heterocycles. The first-order valence-corrected chi connectivity index (χ1v) is 6.58. The minimum absolute atomic E-state index is 0.160. The van der Waals surface area contributed by atoms with Crippen molar-refractivity contribution in [3.05, 3.63) is 0 Å². The van der Waals surface area contributed by atoms with Gasteiger partial charge >= 0.3 is 5.97 Å². The van der Waals surface area contributed by atoms with Crippen molar-refractivity contribution in [2.24, 2.45) is 17.8 Å². The molecule has 0 radical (unpaired) electrons. The summed E-state index contributed by atoms with van der Waals surface area (Å²) in [7, 11) is 0. The first-order valence-electron chi connectivity index (χ1n) is 6.58. The smallest absolute Gasteiger partial charge is 0.303 e. The van der Waals surface area contributed by atoms with Crippen LogP contribution in [0.5, 0.6) is 0 Å². The zero-order valence-corrected chi connectivity index (χ0v) is 10.4. The molecule has 96 valence electrons. The zero-order chi connectivity index (χ0) is 12.4. The summed E-state index contributed by atoms with van der Waals surface area (Å²) < 4.78 is 0. The van der Waals surface area contributed by atoms with Gasteiger partial charge in [0.2, 0.25) is 5.91 Å². The Morgan fingerprint density at radius 1 is 1.29 bits per heavy atom. The predicted molar refractivity (Wildman–Crippen MR) is 63.4 cm³/mol. The van der Waals surface area contributed by atoms with Crippen molar-refractivity contribution in [1.29, 1.82) is 0 Å². The second-order valence-corrected chi connectivity index (χ2v) is 5.55. The number of aliphatic carboxylic acids is 1. The molecule has 1 aliphatic heterocycles. The van der Waals surface area contributed by atoms with E-state index in [1.807, 2.05) is 4.90 Å². The third-order valence-corrected chi connectivity index (χ3v) is 4.24. The molecule has 3 unspecified atom stereocenters. The number of carboxylic acid groups (broad SMARTS) is 1. The number of carbonyl (C=O) groups is 2. The first-order chi connectivity index (χ1) is 8.08. The van der Waals surface area contributed by atoms with Gasteiger partial charge in [0.1, 0.15) is 0 Å². The van der Waals surface area contributed by atoms with E-state index in [1.165, 1.54) is 0 Å². The number of carbonyl (C=O) groups excluding carboxylic acids is 1. The molecule has 4 nitrogen and oxygen atoms in total. The summed E-state index contributed by atoms with van der Waals surface area (Å²) in [4.78, 5) is 24.8. The molecule has 0 aromatic rings. The van der Waals surface area contributed by atoms with Crippen molar-refractivity contribution in [2.45, 2.75) is 39.0 Å². The summed E-state index contributed by atoms with van der Waals surface area (Å²) in [6.07, 6.45) is 4.37. The number of hydrogen-bond acceptors (Lipinski definition) is 2. The number of nitrogens with zero attached hydrogens (tertiary/aromatic N) is 1. The van der Waals surface area contributed by atoms with Crippen LogP contribution in [0, 0.1) is 17.8 Å². The summed E-state index contributed by atoms with van der Waals surface area (Å²) in [5.41, 5.74) is 0. The topological polar surface area (TPSA) is 57.6 Å².